The van der Waals surface area contributed by atoms with Crippen molar-refractivity contribution in [2.45, 2.75) is 13.0 Å². The Hall–Kier alpha value is -2.20. The number of nitrogens with zero attached hydrogens (tertiary/aromatic N) is 1. The zero-order valence-electron chi connectivity index (χ0n) is 11.8. The Kier molecular flexibility index (Phi) is 4.70. The van der Waals surface area contributed by atoms with Crippen molar-refractivity contribution in [2.24, 2.45) is 0 Å². The zero-order valence-corrected chi connectivity index (χ0v) is 12.5. The fourth-order valence-electron chi connectivity index (χ4n) is 1.84. The highest BCUT2D eigenvalue weighted by molar-refractivity contribution is 6.31. The molecule has 0 aliphatic heterocycles. The van der Waals surface area contributed by atoms with Crippen LogP contribution in [0.1, 0.15) is 6.92 Å². The Morgan fingerprint density at radius 1 is 1.24 bits per heavy atom. The number of anilines is 1. The first-order chi connectivity index (χ1) is 9.99. The van der Waals surface area contributed by atoms with Gasteiger partial charge in [-0.2, -0.15) is 0 Å². The number of likely N-dealkylation sites (N-methyl/N-ethyl adjacent to an activating group) is 1. The molecule has 0 bridgehead atoms. The van der Waals surface area contributed by atoms with Crippen LogP contribution in [-0.2, 0) is 4.79 Å². The zero-order chi connectivity index (χ0) is 15.4. The summed E-state index contributed by atoms with van der Waals surface area (Å²) in [7, 11) is 1.70. The maximum Gasteiger partial charge on any atom is 0.326 e. The number of para-hydroxylation sites is 1. The molecule has 2 rings (SSSR count). The van der Waals surface area contributed by atoms with E-state index in [4.69, 9.17) is 21.4 Å². The van der Waals surface area contributed by atoms with Gasteiger partial charge in [-0.1, -0.05) is 29.8 Å². The molecule has 2 aromatic carbocycles. The predicted octanol–water partition coefficient (Wildman–Crippen LogP) is 4.04. The van der Waals surface area contributed by atoms with E-state index in [0.29, 0.717) is 22.2 Å². The maximum atomic E-state index is 11.2. The van der Waals surface area contributed by atoms with Crippen LogP contribution in [0.15, 0.2) is 48.5 Å². The average Bonchev–Trinajstić information content (AvgIpc) is 2.48. The van der Waals surface area contributed by atoms with Crippen molar-refractivity contribution in [3.63, 3.8) is 0 Å². The number of benzene rings is 2. The van der Waals surface area contributed by atoms with Crippen LogP contribution in [0.3, 0.4) is 0 Å². The molecule has 21 heavy (non-hydrogen) atoms. The van der Waals surface area contributed by atoms with E-state index in [-0.39, 0.29) is 0 Å². The topological polar surface area (TPSA) is 49.8 Å². The summed E-state index contributed by atoms with van der Waals surface area (Å²) in [4.78, 5) is 12.8. The van der Waals surface area contributed by atoms with Gasteiger partial charge in [-0.25, -0.2) is 4.79 Å². The van der Waals surface area contributed by atoms with Crippen LogP contribution >= 0.6 is 11.6 Å². The molecule has 110 valence electrons. The van der Waals surface area contributed by atoms with Crippen LogP contribution in [0.5, 0.6) is 11.5 Å². The van der Waals surface area contributed by atoms with E-state index >= 15 is 0 Å². The standard InChI is InChI=1S/C16H16ClNO3/c1-11(16(19)20)18(2)14-10-12(17)8-9-15(14)21-13-6-4-3-5-7-13/h3-11H,1-2H3,(H,19,20)/t11-/m1/s1. The number of carboxylic acid groups (broad SMARTS) is 1. The van der Waals surface area contributed by atoms with Crippen LogP contribution in [0.4, 0.5) is 5.69 Å². The SMILES string of the molecule is C[C@H](C(=O)O)N(C)c1cc(Cl)ccc1Oc1ccccc1. The second-order valence-corrected chi connectivity index (χ2v) is 5.09. The fraction of sp³-hybridized carbons (Fsp3) is 0.188. The lowest BCUT2D eigenvalue weighted by molar-refractivity contribution is -0.138. The smallest absolute Gasteiger partial charge is 0.326 e. The highest BCUT2D eigenvalue weighted by Gasteiger charge is 2.20. The molecular formula is C16H16ClNO3. The number of hydrogen-bond donors (Lipinski definition) is 1. The lowest BCUT2D eigenvalue weighted by atomic mass is 10.2. The van der Waals surface area contributed by atoms with Crippen molar-refractivity contribution < 1.29 is 14.6 Å². The highest BCUT2D eigenvalue weighted by Crippen LogP contribution is 2.35. The molecule has 0 radical (unpaired) electrons. The van der Waals surface area contributed by atoms with Gasteiger partial charge in [0.25, 0.3) is 0 Å². The van der Waals surface area contributed by atoms with E-state index < -0.39 is 12.0 Å². The molecule has 1 N–H and O–H groups in total. The average molecular weight is 306 g/mol. The molecule has 5 heteroatoms. The molecule has 0 amide bonds. The lowest BCUT2D eigenvalue weighted by Crippen LogP contribution is -2.35. The van der Waals surface area contributed by atoms with E-state index in [1.807, 2.05) is 30.3 Å². The fourth-order valence-corrected chi connectivity index (χ4v) is 2.01. The monoisotopic (exact) mass is 305 g/mol. The Morgan fingerprint density at radius 2 is 1.90 bits per heavy atom. The van der Waals surface area contributed by atoms with Crippen LogP contribution in [-0.4, -0.2) is 24.2 Å². The molecule has 0 unspecified atom stereocenters. The first kappa shape index (κ1) is 15.2. The molecule has 0 saturated heterocycles. The van der Waals surface area contributed by atoms with Crippen molar-refractivity contribution in [3.05, 3.63) is 53.6 Å². The molecule has 0 aliphatic rings. The highest BCUT2D eigenvalue weighted by atomic mass is 35.5. The molecule has 4 nitrogen and oxygen atoms in total. The van der Waals surface area contributed by atoms with Gasteiger partial charge in [0.1, 0.15) is 11.8 Å². The molecular weight excluding hydrogens is 290 g/mol. The summed E-state index contributed by atoms with van der Waals surface area (Å²) in [6, 6.07) is 13.7. The van der Waals surface area contributed by atoms with Crippen LogP contribution < -0.4 is 9.64 Å². The van der Waals surface area contributed by atoms with Crippen molar-refractivity contribution in [1.29, 1.82) is 0 Å². The molecule has 0 fully saturated rings. The minimum absolute atomic E-state index is 0.523. The summed E-state index contributed by atoms with van der Waals surface area (Å²) >= 11 is 6.02. The van der Waals surface area contributed by atoms with E-state index in [9.17, 15) is 4.79 Å². The van der Waals surface area contributed by atoms with Crippen molar-refractivity contribution >= 4 is 23.3 Å². The van der Waals surface area contributed by atoms with Crippen LogP contribution in [0, 0.1) is 0 Å². The summed E-state index contributed by atoms with van der Waals surface area (Å²) in [6.45, 7) is 1.61. The first-order valence-corrected chi connectivity index (χ1v) is 6.85. The second-order valence-electron chi connectivity index (χ2n) is 4.65. The molecule has 0 spiro atoms. The van der Waals surface area contributed by atoms with E-state index in [2.05, 4.69) is 0 Å². The third-order valence-electron chi connectivity index (χ3n) is 3.21. The second kappa shape index (κ2) is 6.50. The molecule has 0 aliphatic carbocycles. The molecule has 1 atom stereocenters. The minimum Gasteiger partial charge on any atom is -0.480 e. The van der Waals surface area contributed by atoms with Crippen molar-refractivity contribution in [3.8, 4) is 11.5 Å². The van der Waals surface area contributed by atoms with Gasteiger partial charge in [0, 0.05) is 12.1 Å². The number of ether oxygens (including phenoxy) is 1. The number of carbonyl (C=O) groups is 1. The Bertz CT molecular complexity index is 631. The van der Waals surface area contributed by atoms with Crippen LogP contribution in [0.2, 0.25) is 5.02 Å². The van der Waals surface area contributed by atoms with Crippen LogP contribution in [0.25, 0.3) is 0 Å². The minimum atomic E-state index is -0.914. The first-order valence-electron chi connectivity index (χ1n) is 6.47. The number of rotatable bonds is 5. The van der Waals surface area contributed by atoms with E-state index in [1.54, 1.807) is 37.1 Å². The third-order valence-corrected chi connectivity index (χ3v) is 3.45. The molecule has 0 saturated carbocycles. The summed E-state index contributed by atoms with van der Waals surface area (Å²) < 4.78 is 5.82. The van der Waals surface area contributed by atoms with E-state index in [0.717, 1.165) is 0 Å². The summed E-state index contributed by atoms with van der Waals surface area (Å²) in [5.74, 6) is 0.321. The normalized spacial score (nSPS) is 11.8. The molecule has 2 aromatic rings. The largest absolute Gasteiger partial charge is 0.480 e. The number of carboxylic acids is 1. The molecule has 0 aromatic heterocycles. The number of hydrogen-bond acceptors (Lipinski definition) is 3. The van der Waals surface area contributed by atoms with Gasteiger partial charge in [0.15, 0.2) is 5.75 Å². The van der Waals surface area contributed by atoms with Gasteiger partial charge in [-0.3, -0.25) is 0 Å². The van der Waals surface area contributed by atoms with Gasteiger partial charge in [0.05, 0.1) is 5.69 Å². The summed E-state index contributed by atoms with van der Waals surface area (Å²) in [6.07, 6.45) is 0. The lowest BCUT2D eigenvalue weighted by Gasteiger charge is -2.26. The van der Waals surface area contributed by atoms with Gasteiger partial charge in [-0.15, -0.1) is 0 Å². The summed E-state index contributed by atoms with van der Waals surface area (Å²) in [5, 5.41) is 9.67. The maximum absolute atomic E-state index is 11.2. The van der Waals surface area contributed by atoms with Crippen molar-refractivity contribution in [1.82, 2.24) is 0 Å². The van der Waals surface area contributed by atoms with Gasteiger partial charge < -0.3 is 14.7 Å². The molecule has 0 heterocycles. The van der Waals surface area contributed by atoms with Gasteiger partial charge >= 0.3 is 5.97 Å². The number of aliphatic carboxylic acids is 1. The Balaban J connectivity index is 2.36. The van der Waals surface area contributed by atoms with E-state index in [1.165, 1.54) is 0 Å². The Morgan fingerprint density at radius 3 is 2.52 bits per heavy atom. The Labute approximate surface area is 128 Å². The van der Waals surface area contributed by atoms with Gasteiger partial charge in [0.2, 0.25) is 0 Å². The number of halogens is 1. The summed E-state index contributed by atoms with van der Waals surface area (Å²) in [5.41, 5.74) is 0.626. The predicted molar refractivity (Wildman–Crippen MR) is 83.5 cm³/mol. The third kappa shape index (κ3) is 3.67. The van der Waals surface area contributed by atoms with Gasteiger partial charge in [-0.05, 0) is 37.3 Å². The van der Waals surface area contributed by atoms with Crippen molar-refractivity contribution in [2.75, 3.05) is 11.9 Å². The quantitative estimate of drug-likeness (QED) is 0.905.